The minimum absolute atomic E-state index is 0.0519. The Hall–Kier alpha value is -7.84. The molecule has 2 aliphatic heterocycles. The maximum Gasteiger partial charge on any atom is 0.292 e. The maximum absolute atomic E-state index is 13.1. The average molecular weight is 952 g/mol. The second kappa shape index (κ2) is 22.5. The van der Waals surface area contributed by atoms with Crippen LogP contribution in [0, 0.1) is 12.3 Å². The van der Waals surface area contributed by atoms with E-state index in [2.05, 4.69) is 74.1 Å². The number of anilines is 4. The van der Waals surface area contributed by atoms with Gasteiger partial charge in [0.15, 0.2) is 11.2 Å². The molecular weight excluding hydrogens is 899 g/mol. The van der Waals surface area contributed by atoms with Crippen LogP contribution in [0.5, 0.6) is 0 Å². The van der Waals surface area contributed by atoms with Crippen molar-refractivity contribution in [1.82, 2.24) is 54.9 Å². The van der Waals surface area contributed by atoms with Crippen molar-refractivity contribution in [2.24, 2.45) is 0 Å². The molecule has 1 fully saturated rings. The Morgan fingerprint density at radius 3 is 2.13 bits per heavy atom. The number of nitrogen functional groups attached to an aromatic ring is 2. The number of terminal acetylenes is 1. The van der Waals surface area contributed by atoms with Crippen molar-refractivity contribution in [3.8, 4) is 23.6 Å². The Kier molecular flexibility index (Phi) is 15.2. The minimum Gasteiger partial charge on any atom is -0.424 e. The Morgan fingerprint density at radius 2 is 1.43 bits per heavy atom. The fourth-order valence-electron chi connectivity index (χ4n) is 8.21. The summed E-state index contributed by atoms with van der Waals surface area (Å²) in [6.45, 7) is 7.75. The van der Waals surface area contributed by atoms with Crippen LogP contribution >= 0.6 is 0 Å². The zero-order valence-electron chi connectivity index (χ0n) is 38.5. The van der Waals surface area contributed by atoms with Crippen molar-refractivity contribution >= 4 is 57.7 Å². The van der Waals surface area contributed by atoms with E-state index in [0.29, 0.717) is 168 Å². The van der Waals surface area contributed by atoms with E-state index in [1.54, 1.807) is 18.5 Å². The molecule has 7 aromatic rings. The molecule has 0 bridgehead atoms. The summed E-state index contributed by atoms with van der Waals surface area (Å²) < 4.78 is 29.7. The van der Waals surface area contributed by atoms with Gasteiger partial charge in [-0.1, -0.05) is 24.1 Å². The van der Waals surface area contributed by atoms with E-state index in [0.717, 1.165) is 23.1 Å². The molecule has 2 aliphatic rings. The van der Waals surface area contributed by atoms with Gasteiger partial charge < -0.3 is 54.8 Å². The van der Waals surface area contributed by atoms with E-state index in [4.69, 9.17) is 46.4 Å². The van der Waals surface area contributed by atoms with Gasteiger partial charge in [-0.05, 0) is 41.3 Å². The molecular formula is C48H53N15O7. The molecule has 22 nitrogen and oxygen atoms in total. The van der Waals surface area contributed by atoms with E-state index in [1.807, 2.05) is 21.7 Å². The van der Waals surface area contributed by atoms with Crippen LogP contribution in [0.2, 0.25) is 0 Å². The summed E-state index contributed by atoms with van der Waals surface area (Å²) in [4.78, 5) is 62.2. The van der Waals surface area contributed by atoms with Gasteiger partial charge in [0.05, 0.1) is 82.3 Å². The molecule has 7 heterocycles. The van der Waals surface area contributed by atoms with Gasteiger partial charge in [-0.2, -0.15) is 10.1 Å². The van der Waals surface area contributed by atoms with Crippen LogP contribution in [0.25, 0.3) is 33.4 Å². The summed E-state index contributed by atoms with van der Waals surface area (Å²) in [5.74, 6) is 3.83. The quantitative estimate of drug-likeness (QED) is 0.0690. The fourth-order valence-corrected chi connectivity index (χ4v) is 8.21. The van der Waals surface area contributed by atoms with E-state index >= 15 is 0 Å². The third kappa shape index (κ3) is 11.5. The smallest absolute Gasteiger partial charge is 0.292 e. The number of nitrogens with zero attached hydrogens (tertiary/aromatic N) is 12. The normalized spacial score (nSPS) is 13.7. The number of hydrogen-bond acceptors (Lipinski definition) is 19. The molecule has 1 saturated heterocycles. The van der Waals surface area contributed by atoms with E-state index in [-0.39, 0.29) is 17.8 Å². The van der Waals surface area contributed by atoms with E-state index in [1.165, 1.54) is 24.3 Å². The largest absolute Gasteiger partial charge is 0.424 e. The van der Waals surface area contributed by atoms with Gasteiger partial charge in [-0.15, -0.1) is 6.42 Å². The van der Waals surface area contributed by atoms with Gasteiger partial charge in [0.1, 0.15) is 23.4 Å². The number of fused-ring (bicyclic) bond motifs is 3. The lowest BCUT2D eigenvalue weighted by Crippen LogP contribution is -2.47. The Balaban J connectivity index is 0.596. The predicted octanol–water partition coefficient (Wildman–Crippen LogP) is 2.51. The first kappa shape index (κ1) is 47.2. The molecule has 5 N–H and O–H groups in total. The number of nitrogens with one attached hydrogen (secondary N) is 1. The third-order valence-corrected chi connectivity index (χ3v) is 11.9. The number of piperazine rings is 1. The number of amides is 2. The molecule has 2 aromatic carbocycles. The number of ether oxygens (including phenoxy) is 4. The maximum atomic E-state index is 13.1. The van der Waals surface area contributed by atoms with Crippen molar-refractivity contribution in [2.75, 3.05) is 113 Å². The summed E-state index contributed by atoms with van der Waals surface area (Å²) in [6, 6.07) is 12.0. The SMILES string of the molecule is C#Cc1cnc(N2CCN(c3ncc(C(=O)NCCOCCOCCOCCOCCC(=O)N4CCc5cc(Cn6nc(-c7ccc8oc(N)nc8c7)c7c(N)ncnc76)ccc5C4)cn3)CC2)nc1. The van der Waals surface area contributed by atoms with Crippen LogP contribution < -0.4 is 26.6 Å². The van der Waals surface area contributed by atoms with Crippen LogP contribution in [-0.4, -0.2) is 154 Å². The summed E-state index contributed by atoms with van der Waals surface area (Å²) in [7, 11) is 0. The number of aromatic nitrogens is 9. The molecule has 0 aliphatic carbocycles. The predicted molar refractivity (Wildman–Crippen MR) is 258 cm³/mol. The molecule has 362 valence electrons. The summed E-state index contributed by atoms with van der Waals surface area (Å²) in [5, 5.41) is 8.40. The topological polar surface area (TPSA) is 266 Å². The van der Waals surface area contributed by atoms with Crippen LogP contribution in [0.1, 0.15) is 39.0 Å². The first-order valence-electron chi connectivity index (χ1n) is 23.0. The molecule has 70 heavy (non-hydrogen) atoms. The molecule has 0 saturated carbocycles. The van der Waals surface area contributed by atoms with Gasteiger partial charge in [-0.25, -0.2) is 34.6 Å². The number of nitrogens with two attached hydrogens (primary N) is 2. The third-order valence-electron chi connectivity index (χ3n) is 11.9. The minimum atomic E-state index is -0.274. The van der Waals surface area contributed by atoms with Crippen LogP contribution in [0.15, 0.2) is 71.9 Å². The lowest BCUT2D eigenvalue weighted by atomic mass is 9.97. The number of carbonyl (C=O) groups is 2. The average Bonchev–Trinajstić information content (AvgIpc) is 3.96. The monoisotopic (exact) mass is 951 g/mol. The number of carbonyl (C=O) groups excluding carboxylic acids is 2. The van der Waals surface area contributed by atoms with Gasteiger partial charge in [0, 0.05) is 76.2 Å². The number of benzene rings is 2. The zero-order chi connectivity index (χ0) is 48.2. The van der Waals surface area contributed by atoms with Gasteiger partial charge in [0.2, 0.25) is 17.8 Å². The summed E-state index contributed by atoms with van der Waals surface area (Å²) in [5.41, 5.74) is 19.7. The second-order valence-corrected chi connectivity index (χ2v) is 16.5. The molecule has 0 atom stereocenters. The van der Waals surface area contributed by atoms with Gasteiger partial charge in [0.25, 0.3) is 11.9 Å². The molecule has 0 spiro atoms. The number of rotatable bonds is 21. The molecule has 5 aromatic heterocycles. The van der Waals surface area contributed by atoms with Crippen LogP contribution in [0.4, 0.5) is 23.7 Å². The van der Waals surface area contributed by atoms with Crippen molar-refractivity contribution in [1.29, 1.82) is 0 Å². The first-order chi connectivity index (χ1) is 34.3. The lowest BCUT2D eigenvalue weighted by molar-refractivity contribution is -0.133. The first-order valence-corrected chi connectivity index (χ1v) is 23.0. The Morgan fingerprint density at radius 1 is 0.757 bits per heavy atom. The molecule has 0 radical (unpaired) electrons. The van der Waals surface area contributed by atoms with Gasteiger partial charge >= 0.3 is 0 Å². The van der Waals surface area contributed by atoms with Crippen molar-refractivity contribution in [3.05, 3.63) is 95.3 Å². The molecule has 22 heteroatoms. The number of hydrogen-bond donors (Lipinski definition) is 3. The van der Waals surface area contributed by atoms with Gasteiger partial charge in [-0.3, -0.25) is 9.59 Å². The Bertz CT molecular complexity index is 2950. The summed E-state index contributed by atoms with van der Waals surface area (Å²) in [6.07, 6.45) is 14.2. The number of oxazole rings is 1. The molecule has 9 rings (SSSR count). The molecule has 2 amide bonds. The van der Waals surface area contributed by atoms with Crippen molar-refractivity contribution in [3.63, 3.8) is 0 Å². The zero-order valence-corrected chi connectivity index (χ0v) is 38.5. The van der Waals surface area contributed by atoms with Crippen molar-refractivity contribution < 1.29 is 33.0 Å². The standard InChI is InChI=1S/C48H53N15O7/c1-2-32-25-52-47(53-26-32)60-11-13-61(14-12-60)48-54-27-37(28-55-48)45(65)51-9-16-67-18-20-69-22-21-68-19-17-66-15-8-40(64)62-10-7-34-23-33(3-4-36(34)30-62)29-63-44-41(43(49)56-31-57-44)42(59-63)35-5-6-39-38(24-35)58-46(50)70-39/h1,3-6,23-28,31H,7-22,29-30H2,(H2,50,58)(H,51,65)(H2,49,56,57). The highest BCUT2D eigenvalue weighted by molar-refractivity contribution is 5.99. The fraction of sp³-hybridized carbons (Fsp3) is 0.375. The van der Waals surface area contributed by atoms with Crippen molar-refractivity contribution in [2.45, 2.75) is 25.9 Å². The lowest BCUT2D eigenvalue weighted by Gasteiger charge is -2.34. The molecule has 0 unspecified atom stereocenters. The van der Waals surface area contributed by atoms with Crippen LogP contribution in [0.3, 0.4) is 0 Å². The van der Waals surface area contributed by atoms with E-state index in [9.17, 15) is 9.59 Å². The highest BCUT2D eigenvalue weighted by Crippen LogP contribution is 2.33. The highest BCUT2D eigenvalue weighted by Gasteiger charge is 2.24. The second-order valence-electron chi connectivity index (χ2n) is 16.5. The Labute approximate surface area is 402 Å². The van der Waals surface area contributed by atoms with Crippen LogP contribution in [-0.2, 0) is 43.3 Å². The summed E-state index contributed by atoms with van der Waals surface area (Å²) >= 11 is 0. The highest BCUT2D eigenvalue weighted by atomic mass is 16.6. The van der Waals surface area contributed by atoms with E-state index < -0.39 is 0 Å².